The van der Waals surface area contributed by atoms with Crippen molar-refractivity contribution in [1.29, 1.82) is 0 Å². The highest BCUT2D eigenvalue weighted by Crippen LogP contribution is 2.43. The normalized spacial score (nSPS) is 55.4. The van der Waals surface area contributed by atoms with Crippen LogP contribution in [0.25, 0.3) is 0 Å². The number of rotatable bonds is 2. The maximum Gasteiger partial charge on any atom is 0.222 e. The average molecular weight is 361 g/mol. The molecule has 0 saturated carbocycles. The Bertz CT molecular complexity index is 378. The molecule has 3 rings (SSSR count). The highest BCUT2D eigenvalue weighted by molar-refractivity contribution is 6.18. The van der Waals surface area contributed by atoms with Crippen LogP contribution in [0.5, 0.6) is 0 Å². The molecule has 3 aliphatic heterocycles. The lowest BCUT2D eigenvalue weighted by molar-refractivity contribution is -0.399. The van der Waals surface area contributed by atoms with Gasteiger partial charge in [-0.3, -0.25) is 0 Å². The Labute approximate surface area is 136 Å². The van der Waals surface area contributed by atoms with Crippen LogP contribution in [0.15, 0.2) is 0 Å². The second kappa shape index (κ2) is 5.96. The first-order valence-corrected chi connectivity index (χ1v) is 7.94. The molecule has 0 bridgehead atoms. The summed E-state index contributed by atoms with van der Waals surface area (Å²) in [7, 11) is 0. The van der Waals surface area contributed by atoms with Gasteiger partial charge < -0.3 is 39.4 Å². The van der Waals surface area contributed by atoms with Gasteiger partial charge in [0.2, 0.25) is 11.6 Å². The Morgan fingerprint density at radius 2 is 1.14 bits per heavy atom. The lowest BCUT2D eigenvalue weighted by Gasteiger charge is -2.44. The number of hydrogen-bond acceptors (Lipinski definition) is 8. The van der Waals surface area contributed by atoms with Crippen LogP contribution in [-0.2, 0) is 18.9 Å². The molecule has 0 aliphatic carbocycles. The Balaban J connectivity index is 1.73. The molecule has 2 spiro atoms. The Kier molecular flexibility index (Phi) is 4.63. The quantitative estimate of drug-likeness (QED) is 0.423. The SMILES string of the molecule is O[C@@H]1[C@@H](CCl)O[C@@]2(CO[C@]3(CO2)O[C@H](CCl)[C@@H](O)[C@@H]3O)[C@H]1O. The van der Waals surface area contributed by atoms with Gasteiger partial charge in [-0.05, 0) is 0 Å². The fourth-order valence-corrected chi connectivity index (χ4v) is 3.46. The summed E-state index contributed by atoms with van der Waals surface area (Å²) in [6, 6.07) is 0. The molecule has 3 fully saturated rings. The number of aliphatic hydroxyl groups excluding tert-OH is 4. The second-order valence-corrected chi connectivity index (χ2v) is 6.31. The third kappa shape index (κ3) is 2.37. The molecule has 3 aliphatic rings. The summed E-state index contributed by atoms with van der Waals surface area (Å²) in [6.07, 6.45) is -6.76. The lowest BCUT2D eigenvalue weighted by atomic mass is 10.0. The van der Waals surface area contributed by atoms with Gasteiger partial charge in [0.1, 0.15) is 49.8 Å². The number of hydrogen-bond donors (Lipinski definition) is 4. The summed E-state index contributed by atoms with van der Waals surface area (Å²) >= 11 is 11.3. The fraction of sp³-hybridized carbons (Fsp3) is 1.00. The van der Waals surface area contributed by atoms with Crippen molar-refractivity contribution in [2.45, 2.75) is 48.2 Å². The van der Waals surface area contributed by atoms with Gasteiger partial charge in [-0.2, -0.15) is 0 Å². The molecule has 0 aromatic heterocycles. The van der Waals surface area contributed by atoms with Gasteiger partial charge in [0.15, 0.2) is 0 Å². The molecule has 128 valence electrons. The van der Waals surface area contributed by atoms with E-state index >= 15 is 0 Å². The van der Waals surface area contributed by atoms with Crippen LogP contribution >= 0.6 is 23.2 Å². The van der Waals surface area contributed by atoms with E-state index in [4.69, 9.17) is 42.1 Å². The minimum Gasteiger partial charge on any atom is -0.387 e. The molecule has 0 aromatic carbocycles. The van der Waals surface area contributed by atoms with Crippen molar-refractivity contribution in [2.75, 3.05) is 25.0 Å². The maximum atomic E-state index is 10.1. The largest absolute Gasteiger partial charge is 0.387 e. The van der Waals surface area contributed by atoms with Crippen LogP contribution in [0.4, 0.5) is 0 Å². The Hall–Kier alpha value is 0.260. The molecular weight excluding hydrogens is 343 g/mol. The molecule has 0 radical (unpaired) electrons. The van der Waals surface area contributed by atoms with Crippen molar-refractivity contribution in [3.63, 3.8) is 0 Å². The minimum atomic E-state index is -1.59. The van der Waals surface area contributed by atoms with Crippen molar-refractivity contribution in [1.82, 2.24) is 0 Å². The number of alkyl halides is 2. The molecule has 3 saturated heterocycles. The molecule has 22 heavy (non-hydrogen) atoms. The summed E-state index contributed by atoms with van der Waals surface area (Å²) in [6.45, 7) is -0.616. The van der Waals surface area contributed by atoms with Crippen molar-refractivity contribution in [3.05, 3.63) is 0 Å². The first kappa shape index (κ1) is 17.1. The fourth-order valence-electron chi connectivity index (χ4n) is 2.97. The summed E-state index contributed by atoms with van der Waals surface area (Å²) in [4.78, 5) is 0. The Morgan fingerprint density at radius 1 is 0.773 bits per heavy atom. The number of halogens is 2. The number of ether oxygens (including phenoxy) is 4. The van der Waals surface area contributed by atoms with E-state index in [0.717, 1.165) is 0 Å². The molecule has 0 unspecified atom stereocenters. The topological polar surface area (TPSA) is 118 Å². The summed E-state index contributed by atoms with van der Waals surface area (Å²) < 4.78 is 22.0. The Morgan fingerprint density at radius 3 is 1.36 bits per heavy atom. The van der Waals surface area contributed by atoms with Crippen LogP contribution in [0.1, 0.15) is 0 Å². The zero-order valence-electron chi connectivity index (χ0n) is 11.5. The number of aliphatic hydroxyl groups is 4. The predicted octanol–water partition coefficient (Wildman–Crippen LogP) is -1.86. The van der Waals surface area contributed by atoms with Gasteiger partial charge in [-0.15, -0.1) is 23.2 Å². The molecule has 0 aromatic rings. The molecule has 8 atom stereocenters. The molecular formula is C12H18Cl2O8. The second-order valence-electron chi connectivity index (χ2n) is 5.69. The molecule has 0 amide bonds. The van der Waals surface area contributed by atoms with Crippen molar-refractivity contribution in [3.8, 4) is 0 Å². The molecule has 10 heteroatoms. The highest BCUT2D eigenvalue weighted by Gasteiger charge is 2.64. The van der Waals surface area contributed by atoms with E-state index in [1.54, 1.807) is 0 Å². The smallest absolute Gasteiger partial charge is 0.222 e. The van der Waals surface area contributed by atoms with Crippen LogP contribution in [0.2, 0.25) is 0 Å². The zero-order chi connectivity index (χ0) is 16.1. The monoisotopic (exact) mass is 360 g/mol. The summed E-state index contributed by atoms with van der Waals surface area (Å²) in [5, 5.41) is 40.0. The van der Waals surface area contributed by atoms with Crippen LogP contribution < -0.4 is 0 Å². The van der Waals surface area contributed by atoms with Gasteiger partial charge >= 0.3 is 0 Å². The van der Waals surface area contributed by atoms with Gasteiger partial charge in [0.25, 0.3) is 0 Å². The van der Waals surface area contributed by atoms with Gasteiger partial charge in [0.05, 0.1) is 11.8 Å². The zero-order valence-corrected chi connectivity index (χ0v) is 13.0. The van der Waals surface area contributed by atoms with E-state index in [1.165, 1.54) is 0 Å². The third-order valence-electron chi connectivity index (χ3n) is 4.35. The minimum absolute atomic E-state index is 0.0271. The first-order chi connectivity index (χ1) is 10.4. The highest BCUT2D eigenvalue weighted by atomic mass is 35.5. The van der Waals surface area contributed by atoms with E-state index < -0.39 is 48.2 Å². The van der Waals surface area contributed by atoms with E-state index in [9.17, 15) is 20.4 Å². The summed E-state index contributed by atoms with van der Waals surface area (Å²) in [5.41, 5.74) is 0. The van der Waals surface area contributed by atoms with Crippen LogP contribution in [-0.4, -0.2) is 93.6 Å². The summed E-state index contributed by atoms with van der Waals surface area (Å²) in [5.74, 6) is -3.23. The maximum absolute atomic E-state index is 10.1. The van der Waals surface area contributed by atoms with Crippen molar-refractivity contribution < 1.29 is 39.4 Å². The lowest BCUT2D eigenvalue weighted by Crippen LogP contribution is -2.62. The van der Waals surface area contributed by atoms with Gasteiger partial charge in [-0.25, -0.2) is 0 Å². The predicted molar refractivity (Wildman–Crippen MR) is 72.6 cm³/mol. The van der Waals surface area contributed by atoms with Gasteiger partial charge in [0, 0.05) is 0 Å². The van der Waals surface area contributed by atoms with Crippen molar-refractivity contribution in [2.24, 2.45) is 0 Å². The van der Waals surface area contributed by atoms with E-state index in [1.807, 2.05) is 0 Å². The van der Waals surface area contributed by atoms with Gasteiger partial charge in [-0.1, -0.05) is 0 Å². The van der Waals surface area contributed by atoms with Crippen molar-refractivity contribution >= 4 is 23.2 Å². The molecule has 4 N–H and O–H groups in total. The standard InChI is InChI=1S/C12H18Cl2O8/c13-1-5-7(15)9(17)11(21-5)3-20-12(4-19-11)10(18)8(16)6(2-14)22-12/h5-10,15-18H,1-4H2/t5-,6-,7-,8-,9+,10+,11-,12+/m1/s1. The van der Waals surface area contributed by atoms with Crippen LogP contribution in [0, 0.1) is 0 Å². The third-order valence-corrected chi connectivity index (χ3v) is 4.96. The van der Waals surface area contributed by atoms with E-state index in [0.29, 0.717) is 0 Å². The first-order valence-electron chi connectivity index (χ1n) is 6.87. The van der Waals surface area contributed by atoms with Crippen LogP contribution in [0.3, 0.4) is 0 Å². The molecule has 8 nitrogen and oxygen atoms in total. The average Bonchev–Trinajstić information content (AvgIpc) is 2.91. The van der Waals surface area contributed by atoms with E-state index in [2.05, 4.69) is 0 Å². The van der Waals surface area contributed by atoms with E-state index in [-0.39, 0.29) is 25.0 Å². The molecule has 3 heterocycles.